The average Bonchev–Trinajstić information content (AvgIpc) is 1.77. The third-order valence-corrected chi connectivity index (χ3v) is 0.996. The molecule has 19 heavy (non-hydrogen) atoms. The third-order valence-electron chi connectivity index (χ3n) is 0.996. The monoisotopic (exact) mass is 295 g/mol. The summed E-state index contributed by atoms with van der Waals surface area (Å²) in [6, 6.07) is 7.25. The van der Waals surface area contributed by atoms with Crippen LogP contribution in [0.1, 0.15) is 0 Å². The van der Waals surface area contributed by atoms with Gasteiger partial charge in [0.15, 0.2) is 0 Å². The smallest absolute Gasteiger partial charge is 0.0547 e. The molecule has 13 nitrogen and oxygen atoms in total. The summed E-state index contributed by atoms with van der Waals surface area (Å²) >= 11 is 0. The maximum Gasteiger partial charge on any atom is 0.0547 e. The highest BCUT2D eigenvalue weighted by molar-refractivity contribution is 5.62. The van der Waals surface area contributed by atoms with E-state index in [4.69, 9.17) is 11.5 Å². The molecule has 0 aliphatic rings. The Hall–Kier alpha value is -1.62. The fourth-order valence-electron chi connectivity index (χ4n) is 0.511. The van der Waals surface area contributed by atoms with Gasteiger partial charge in [-0.15, -0.1) is 0 Å². The molecule has 0 unspecified atom stereocenters. The van der Waals surface area contributed by atoms with E-state index in [1.807, 2.05) is 12.1 Å². The van der Waals surface area contributed by atoms with Gasteiger partial charge in [-0.2, -0.15) is 0 Å². The van der Waals surface area contributed by atoms with E-state index in [0.717, 1.165) is 0 Å². The molecule has 1 aromatic carbocycles. The molecule has 1 aromatic rings. The van der Waals surface area contributed by atoms with Gasteiger partial charge in [0.05, 0.1) is 11.4 Å². The van der Waals surface area contributed by atoms with Crippen molar-refractivity contribution in [2.45, 2.75) is 0 Å². The first-order valence-corrected chi connectivity index (χ1v) is 2.40. The Bertz CT molecular complexity index is 173. The minimum Gasteiger partial charge on any atom is -0.397 e. The van der Waals surface area contributed by atoms with Gasteiger partial charge in [-0.25, -0.2) is 0 Å². The molecular formula is C6H41N13. The highest BCUT2D eigenvalue weighted by atomic mass is 14.7. The molecule has 0 aliphatic heterocycles. The third kappa shape index (κ3) is 38.5. The molecule has 0 fully saturated rings. The van der Waals surface area contributed by atoms with E-state index in [1.54, 1.807) is 12.1 Å². The van der Waals surface area contributed by atoms with Gasteiger partial charge < -0.3 is 79.1 Å². The zero-order valence-electron chi connectivity index (χ0n) is 12.2. The summed E-state index contributed by atoms with van der Waals surface area (Å²) in [7, 11) is 0. The average molecular weight is 295 g/mol. The summed E-state index contributed by atoms with van der Waals surface area (Å²) in [5, 5.41) is 0. The Balaban J connectivity index is -0.00000000646. The van der Waals surface area contributed by atoms with Crippen LogP contribution < -0.4 is 79.1 Å². The lowest BCUT2D eigenvalue weighted by Gasteiger charge is -1.94. The van der Waals surface area contributed by atoms with Crippen molar-refractivity contribution in [3.63, 3.8) is 0 Å². The van der Waals surface area contributed by atoms with Crippen LogP contribution in [0.4, 0.5) is 11.4 Å². The Morgan fingerprint density at radius 2 is 0.579 bits per heavy atom. The molecule has 0 spiro atoms. The lowest BCUT2D eigenvalue weighted by molar-refractivity contribution is 1.67. The van der Waals surface area contributed by atoms with Gasteiger partial charge in [-0.3, -0.25) is 0 Å². The normalized spacial score (nSPS) is 3.79. The Kier molecular flexibility index (Phi) is 333. The highest BCUT2D eigenvalue weighted by Gasteiger charge is 1.85. The van der Waals surface area contributed by atoms with Crippen LogP contribution in [0.3, 0.4) is 0 Å². The zero-order chi connectivity index (χ0) is 5.98. The molecule has 0 amide bonds. The second-order valence-corrected chi connectivity index (χ2v) is 1.63. The fourth-order valence-corrected chi connectivity index (χ4v) is 0.511. The molecule has 1 rings (SSSR count). The molecule has 0 radical (unpaired) electrons. The van der Waals surface area contributed by atoms with Crippen molar-refractivity contribution in [2.75, 3.05) is 11.5 Å². The highest BCUT2D eigenvalue weighted by Crippen LogP contribution is 2.10. The quantitative estimate of drug-likeness (QED) is 0.306. The molecular weight excluding hydrogens is 254 g/mol. The number of benzene rings is 1. The first-order valence-electron chi connectivity index (χ1n) is 2.40. The van der Waals surface area contributed by atoms with Crippen molar-refractivity contribution in [3.05, 3.63) is 24.3 Å². The van der Waals surface area contributed by atoms with Crippen LogP contribution in [0.2, 0.25) is 0 Å². The van der Waals surface area contributed by atoms with Crippen LogP contribution in [0.25, 0.3) is 0 Å². The van der Waals surface area contributed by atoms with E-state index in [1.165, 1.54) is 0 Å². The first-order chi connectivity index (χ1) is 3.80. The van der Waals surface area contributed by atoms with Crippen LogP contribution in [-0.4, -0.2) is 0 Å². The number of hydrogen-bond donors (Lipinski definition) is 13. The van der Waals surface area contributed by atoms with Gasteiger partial charge in [0.2, 0.25) is 0 Å². The SMILES string of the molecule is N.N.N.N.N.N.N.N.N.N.N.Nc1ccccc1N. The van der Waals surface area contributed by atoms with Crippen molar-refractivity contribution >= 4 is 11.4 Å². The van der Waals surface area contributed by atoms with Crippen LogP contribution in [0, 0.1) is 0 Å². The molecule has 37 N–H and O–H groups in total. The molecule has 130 valence electrons. The van der Waals surface area contributed by atoms with Crippen molar-refractivity contribution < 1.29 is 0 Å². The van der Waals surface area contributed by atoms with Gasteiger partial charge in [-0.1, -0.05) is 12.1 Å². The van der Waals surface area contributed by atoms with E-state index < -0.39 is 0 Å². The molecule has 0 bridgehead atoms. The molecule has 0 aromatic heterocycles. The van der Waals surface area contributed by atoms with E-state index >= 15 is 0 Å². The van der Waals surface area contributed by atoms with Crippen LogP contribution in [-0.2, 0) is 0 Å². The van der Waals surface area contributed by atoms with Gasteiger partial charge in [0.25, 0.3) is 0 Å². The largest absolute Gasteiger partial charge is 0.397 e. The summed E-state index contributed by atoms with van der Waals surface area (Å²) in [5.41, 5.74) is 12.1. The van der Waals surface area contributed by atoms with Gasteiger partial charge >= 0.3 is 0 Å². The maximum absolute atomic E-state index is 5.39. The lowest BCUT2D eigenvalue weighted by atomic mass is 10.3. The van der Waals surface area contributed by atoms with Crippen molar-refractivity contribution in [1.29, 1.82) is 0 Å². The Labute approximate surface area is 116 Å². The molecule has 0 aliphatic carbocycles. The van der Waals surface area contributed by atoms with Crippen molar-refractivity contribution in [2.24, 2.45) is 0 Å². The number of hydrogen-bond acceptors (Lipinski definition) is 13. The number of rotatable bonds is 0. The van der Waals surface area contributed by atoms with E-state index in [-0.39, 0.29) is 67.7 Å². The first kappa shape index (κ1) is 115. The second kappa shape index (κ2) is 55.2. The second-order valence-electron chi connectivity index (χ2n) is 1.63. The molecule has 13 heteroatoms. The van der Waals surface area contributed by atoms with E-state index in [9.17, 15) is 0 Å². The summed E-state index contributed by atoms with van der Waals surface area (Å²) in [6.07, 6.45) is 0. The van der Waals surface area contributed by atoms with Crippen molar-refractivity contribution in [3.8, 4) is 0 Å². The van der Waals surface area contributed by atoms with Gasteiger partial charge in [-0.05, 0) is 12.1 Å². The Morgan fingerprint density at radius 3 is 0.684 bits per heavy atom. The number of nitrogens with two attached hydrogens (primary N) is 2. The van der Waals surface area contributed by atoms with Crippen LogP contribution in [0.15, 0.2) is 24.3 Å². The van der Waals surface area contributed by atoms with Crippen molar-refractivity contribution in [1.82, 2.24) is 67.7 Å². The number of anilines is 2. The van der Waals surface area contributed by atoms with E-state index in [2.05, 4.69) is 0 Å². The molecule has 0 saturated heterocycles. The van der Waals surface area contributed by atoms with Crippen LogP contribution in [0.5, 0.6) is 0 Å². The summed E-state index contributed by atoms with van der Waals surface area (Å²) in [4.78, 5) is 0. The molecule has 0 atom stereocenters. The minimum absolute atomic E-state index is 0. The summed E-state index contributed by atoms with van der Waals surface area (Å²) < 4.78 is 0. The van der Waals surface area contributed by atoms with Gasteiger partial charge in [0.1, 0.15) is 0 Å². The summed E-state index contributed by atoms with van der Waals surface area (Å²) in [6.45, 7) is 0. The van der Waals surface area contributed by atoms with Crippen LogP contribution >= 0.6 is 0 Å². The lowest BCUT2D eigenvalue weighted by Crippen LogP contribution is -1.91. The van der Waals surface area contributed by atoms with Gasteiger partial charge in [0, 0.05) is 0 Å². The zero-order valence-corrected chi connectivity index (χ0v) is 12.2. The number of para-hydroxylation sites is 2. The fraction of sp³-hybridized carbons (Fsp3) is 0. The summed E-state index contributed by atoms with van der Waals surface area (Å²) in [5.74, 6) is 0. The molecule has 0 saturated carbocycles. The topological polar surface area (TPSA) is 437 Å². The van der Waals surface area contributed by atoms with E-state index in [0.29, 0.717) is 11.4 Å². The predicted octanol–water partition coefficient (Wildman–Crippen LogP) is 2.63. The molecule has 0 heterocycles. The Morgan fingerprint density at radius 1 is 0.421 bits per heavy atom. The predicted molar refractivity (Wildman–Crippen MR) is 90.5 cm³/mol. The maximum atomic E-state index is 5.39. The standard InChI is InChI=1S/C6H8N2.11H3N/c7-5-3-1-2-4-6(5)8;;;;;;;;;;;/h1-4H,7-8H2;11*1H3. The minimum atomic E-state index is 0. The number of nitrogen functional groups attached to an aromatic ring is 2.